The van der Waals surface area contributed by atoms with E-state index in [2.05, 4.69) is 22.0 Å². The Labute approximate surface area is 159 Å². The molecular weight excluding hydrogens is 344 g/mol. The minimum Gasteiger partial charge on any atom is -0.318 e. The summed E-state index contributed by atoms with van der Waals surface area (Å²) in [7, 11) is 0. The molecule has 0 radical (unpaired) electrons. The van der Waals surface area contributed by atoms with Gasteiger partial charge in [0.25, 0.3) is 0 Å². The highest BCUT2D eigenvalue weighted by molar-refractivity contribution is 6.30. The molecule has 0 saturated heterocycles. The van der Waals surface area contributed by atoms with Gasteiger partial charge in [-0.05, 0) is 62.7 Å². The fourth-order valence-corrected chi connectivity index (χ4v) is 3.45. The molecule has 0 atom stereocenters. The lowest BCUT2D eigenvalue weighted by Crippen LogP contribution is -2.25. The zero-order chi connectivity index (χ0) is 18.5. The third kappa shape index (κ3) is 4.24. The molecule has 0 unspecified atom stereocenters. The third-order valence-corrected chi connectivity index (χ3v) is 4.75. The third-order valence-electron chi connectivity index (χ3n) is 4.51. The first-order valence-corrected chi connectivity index (χ1v) is 9.17. The van der Waals surface area contributed by atoms with Crippen molar-refractivity contribution in [2.45, 2.75) is 20.3 Å². The molecule has 0 amide bonds. The Morgan fingerprint density at radius 3 is 2.54 bits per heavy atom. The predicted octanol–water partition coefficient (Wildman–Crippen LogP) is 4.76. The van der Waals surface area contributed by atoms with Crippen LogP contribution in [0.25, 0.3) is 5.69 Å². The lowest BCUT2D eigenvalue weighted by Gasteiger charge is -2.10. The molecule has 3 rings (SSSR count). The van der Waals surface area contributed by atoms with Crippen LogP contribution < -0.4 is 5.32 Å². The van der Waals surface area contributed by atoms with Crippen molar-refractivity contribution in [1.29, 1.82) is 0 Å². The maximum atomic E-state index is 12.6. The summed E-state index contributed by atoms with van der Waals surface area (Å²) in [4.78, 5) is 12.6. The molecule has 1 aromatic heterocycles. The zero-order valence-corrected chi connectivity index (χ0v) is 15.9. The molecule has 0 aliphatic rings. The molecule has 4 heteroatoms. The topological polar surface area (TPSA) is 34.0 Å². The number of Topliss-reactive ketones (excluding diaryl/α,β-unsaturated/α-hetero) is 1. The molecule has 26 heavy (non-hydrogen) atoms. The van der Waals surface area contributed by atoms with Crippen molar-refractivity contribution in [3.8, 4) is 5.69 Å². The van der Waals surface area contributed by atoms with Crippen LogP contribution in [0.4, 0.5) is 0 Å². The van der Waals surface area contributed by atoms with Crippen molar-refractivity contribution >= 4 is 17.4 Å². The molecule has 0 aliphatic heterocycles. The van der Waals surface area contributed by atoms with E-state index in [9.17, 15) is 4.79 Å². The second kappa shape index (κ2) is 8.35. The minimum atomic E-state index is 0.117. The Balaban J connectivity index is 1.62. The van der Waals surface area contributed by atoms with Gasteiger partial charge in [-0.3, -0.25) is 4.79 Å². The van der Waals surface area contributed by atoms with Crippen LogP contribution in [0.15, 0.2) is 60.7 Å². The van der Waals surface area contributed by atoms with Gasteiger partial charge in [-0.15, -0.1) is 0 Å². The number of aromatic nitrogens is 1. The summed E-state index contributed by atoms with van der Waals surface area (Å²) >= 11 is 6.00. The van der Waals surface area contributed by atoms with Crippen molar-refractivity contribution in [2.24, 2.45) is 0 Å². The van der Waals surface area contributed by atoms with E-state index in [0.29, 0.717) is 6.54 Å². The first kappa shape index (κ1) is 18.4. The molecule has 1 N–H and O–H groups in total. The molecule has 0 fully saturated rings. The monoisotopic (exact) mass is 366 g/mol. The number of aryl methyl sites for hydroxylation is 1. The van der Waals surface area contributed by atoms with Crippen molar-refractivity contribution in [1.82, 2.24) is 9.88 Å². The number of halogens is 1. The second-order valence-electron chi connectivity index (χ2n) is 6.44. The summed E-state index contributed by atoms with van der Waals surface area (Å²) in [5, 5.41) is 3.99. The standard InChI is InChI=1S/C22H23ClN2O/c1-16-13-21(17(2)25(16)20-9-4-3-5-10-20)22(26)15-24-12-11-18-7-6-8-19(23)14-18/h3-10,13-14,24H,11-12,15H2,1-2H3. The molecule has 0 saturated carbocycles. The molecule has 0 aliphatic carbocycles. The van der Waals surface area contributed by atoms with E-state index in [1.165, 1.54) is 5.56 Å². The van der Waals surface area contributed by atoms with E-state index in [1.807, 2.05) is 62.4 Å². The highest BCUT2D eigenvalue weighted by atomic mass is 35.5. The molecule has 0 bridgehead atoms. The van der Waals surface area contributed by atoms with Crippen LogP contribution in [0.2, 0.25) is 5.02 Å². The van der Waals surface area contributed by atoms with Crippen LogP contribution in [0, 0.1) is 13.8 Å². The highest BCUT2D eigenvalue weighted by Gasteiger charge is 2.16. The highest BCUT2D eigenvalue weighted by Crippen LogP contribution is 2.21. The second-order valence-corrected chi connectivity index (χ2v) is 6.87. The zero-order valence-electron chi connectivity index (χ0n) is 15.1. The Kier molecular flexibility index (Phi) is 5.92. The van der Waals surface area contributed by atoms with Crippen LogP contribution >= 0.6 is 11.6 Å². The van der Waals surface area contributed by atoms with Gasteiger partial charge < -0.3 is 9.88 Å². The van der Waals surface area contributed by atoms with E-state index in [-0.39, 0.29) is 5.78 Å². The van der Waals surface area contributed by atoms with E-state index < -0.39 is 0 Å². The molecule has 1 heterocycles. The van der Waals surface area contributed by atoms with Crippen LogP contribution in [0.1, 0.15) is 27.3 Å². The summed E-state index contributed by atoms with van der Waals surface area (Å²) in [6.07, 6.45) is 0.844. The normalized spacial score (nSPS) is 10.9. The van der Waals surface area contributed by atoms with Crippen molar-refractivity contribution in [3.05, 3.63) is 88.2 Å². The van der Waals surface area contributed by atoms with E-state index >= 15 is 0 Å². The van der Waals surface area contributed by atoms with Gasteiger partial charge in [0, 0.05) is 27.7 Å². The Morgan fingerprint density at radius 1 is 1.04 bits per heavy atom. The molecule has 0 spiro atoms. The van der Waals surface area contributed by atoms with E-state index in [4.69, 9.17) is 11.6 Å². The van der Waals surface area contributed by atoms with Gasteiger partial charge in [0.2, 0.25) is 0 Å². The summed E-state index contributed by atoms with van der Waals surface area (Å²) < 4.78 is 2.12. The average molecular weight is 367 g/mol. The van der Waals surface area contributed by atoms with E-state index in [1.54, 1.807) is 0 Å². The van der Waals surface area contributed by atoms with Gasteiger partial charge >= 0.3 is 0 Å². The average Bonchev–Trinajstić information content (AvgIpc) is 2.94. The maximum Gasteiger partial charge on any atom is 0.178 e. The lowest BCUT2D eigenvalue weighted by atomic mass is 10.1. The number of ketones is 1. The lowest BCUT2D eigenvalue weighted by molar-refractivity contribution is 0.0991. The van der Waals surface area contributed by atoms with E-state index in [0.717, 1.165) is 40.6 Å². The summed E-state index contributed by atoms with van der Waals surface area (Å²) in [5.74, 6) is 0.117. The number of benzene rings is 2. The number of rotatable bonds is 7. The molecule has 3 nitrogen and oxygen atoms in total. The molecular formula is C22H23ClN2O. The van der Waals surface area contributed by atoms with Gasteiger partial charge in [-0.2, -0.15) is 0 Å². The van der Waals surface area contributed by atoms with Crippen molar-refractivity contribution in [3.63, 3.8) is 0 Å². The van der Waals surface area contributed by atoms with Crippen LogP contribution in [-0.2, 0) is 6.42 Å². The molecule has 2 aromatic carbocycles. The first-order valence-electron chi connectivity index (χ1n) is 8.79. The fraction of sp³-hybridized carbons (Fsp3) is 0.227. The van der Waals surface area contributed by atoms with Crippen molar-refractivity contribution in [2.75, 3.05) is 13.1 Å². The number of nitrogens with zero attached hydrogens (tertiary/aromatic N) is 1. The first-order chi connectivity index (χ1) is 12.6. The Bertz CT molecular complexity index is 900. The van der Waals surface area contributed by atoms with Gasteiger partial charge in [0.15, 0.2) is 5.78 Å². The molecule has 3 aromatic rings. The maximum absolute atomic E-state index is 12.6. The summed E-state index contributed by atoms with van der Waals surface area (Å²) in [5.41, 5.74) is 5.07. The number of nitrogens with one attached hydrogen (secondary N) is 1. The summed E-state index contributed by atoms with van der Waals surface area (Å²) in [6.45, 7) is 5.10. The van der Waals surface area contributed by atoms with Gasteiger partial charge in [0.05, 0.1) is 6.54 Å². The number of carbonyl (C=O) groups is 1. The number of hydrogen-bond donors (Lipinski definition) is 1. The fourth-order valence-electron chi connectivity index (χ4n) is 3.24. The summed E-state index contributed by atoms with van der Waals surface area (Å²) in [6, 6.07) is 19.9. The smallest absolute Gasteiger partial charge is 0.178 e. The number of para-hydroxylation sites is 1. The number of carbonyl (C=O) groups excluding carboxylic acids is 1. The van der Waals surface area contributed by atoms with Crippen LogP contribution in [-0.4, -0.2) is 23.4 Å². The molecule has 134 valence electrons. The predicted molar refractivity (Wildman–Crippen MR) is 108 cm³/mol. The van der Waals surface area contributed by atoms with Crippen molar-refractivity contribution < 1.29 is 4.79 Å². The van der Waals surface area contributed by atoms with Gasteiger partial charge in [-0.1, -0.05) is 41.9 Å². The SMILES string of the molecule is Cc1cc(C(=O)CNCCc2cccc(Cl)c2)c(C)n1-c1ccccc1. The Morgan fingerprint density at radius 2 is 1.81 bits per heavy atom. The number of hydrogen-bond acceptors (Lipinski definition) is 2. The Hall–Kier alpha value is -2.36. The largest absolute Gasteiger partial charge is 0.318 e. The van der Waals surface area contributed by atoms with Gasteiger partial charge in [-0.25, -0.2) is 0 Å². The quantitative estimate of drug-likeness (QED) is 0.483. The van der Waals surface area contributed by atoms with Crippen LogP contribution in [0.5, 0.6) is 0 Å². The van der Waals surface area contributed by atoms with Gasteiger partial charge in [0.1, 0.15) is 0 Å². The van der Waals surface area contributed by atoms with Crippen LogP contribution in [0.3, 0.4) is 0 Å². The minimum absolute atomic E-state index is 0.117.